The van der Waals surface area contributed by atoms with E-state index in [0.717, 1.165) is 24.0 Å². The van der Waals surface area contributed by atoms with Gasteiger partial charge in [0, 0.05) is 25.3 Å². The van der Waals surface area contributed by atoms with E-state index < -0.39 is 0 Å². The van der Waals surface area contributed by atoms with Gasteiger partial charge in [-0.2, -0.15) is 0 Å². The van der Waals surface area contributed by atoms with Gasteiger partial charge in [0.05, 0.1) is 6.61 Å². The van der Waals surface area contributed by atoms with E-state index in [-0.39, 0.29) is 12.0 Å². The SMILES string of the molecule is CCOC(=O)c1cccn1Cc1ccc(CNC(=O)NC2CCCCC2)cc1. The molecule has 0 bridgehead atoms. The van der Waals surface area contributed by atoms with Crippen molar-refractivity contribution >= 4 is 12.0 Å². The number of nitrogens with zero attached hydrogens (tertiary/aromatic N) is 1. The zero-order valence-corrected chi connectivity index (χ0v) is 16.4. The minimum Gasteiger partial charge on any atom is -0.461 e. The first kappa shape index (κ1) is 20.0. The minimum absolute atomic E-state index is 0.0950. The van der Waals surface area contributed by atoms with Crippen LogP contribution in [0.1, 0.15) is 60.6 Å². The molecule has 0 aliphatic heterocycles. The number of hydrogen-bond acceptors (Lipinski definition) is 3. The van der Waals surface area contributed by atoms with Gasteiger partial charge in [0.15, 0.2) is 0 Å². The number of rotatable bonds is 7. The topological polar surface area (TPSA) is 72.4 Å². The molecule has 3 rings (SSSR count). The predicted molar refractivity (Wildman–Crippen MR) is 108 cm³/mol. The van der Waals surface area contributed by atoms with Gasteiger partial charge in [-0.25, -0.2) is 9.59 Å². The van der Waals surface area contributed by atoms with Crippen molar-refractivity contribution in [2.75, 3.05) is 6.61 Å². The Labute approximate surface area is 166 Å². The molecule has 150 valence electrons. The molecule has 0 saturated heterocycles. The number of nitrogens with one attached hydrogen (secondary N) is 2. The van der Waals surface area contributed by atoms with Crippen molar-refractivity contribution in [2.24, 2.45) is 0 Å². The van der Waals surface area contributed by atoms with Crippen molar-refractivity contribution in [2.45, 2.75) is 58.2 Å². The van der Waals surface area contributed by atoms with Crippen LogP contribution in [0.2, 0.25) is 0 Å². The molecule has 2 amide bonds. The minimum atomic E-state index is -0.308. The molecule has 2 aromatic rings. The number of benzene rings is 1. The quantitative estimate of drug-likeness (QED) is 0.714. The van der Waals surface area contributed by atoms with E-state index in [4.69, 9.17) is 4.74 Å². The highest BCUT2D eigenvalue weighted by atomic mass is 16.5. The van der Waals surface area contributed by atoms with Gasteiger partial charge < -0.3 is 19.9 Å². The summed E-state index contributed by atoms with van der Waals surface area (Å²) in [6, 6.07) is 11.9. The molecule has 6 heteroatoms. The molecule has 6 nitrogen and oxygen atoms in total. The molecule has 28 heavy (non-hydrogen) atoms. The summed E-state index contributed by atoms with van der Waals surface area (Å²) in [5.41, 5.74) is 2.67. The Kier molecular flexibility index (Phi) is 7.12. The average Bonchev–Trinajstić information content (AvgIpc) is 3.17. The van der Waals surface area contributed by atoms with Crippen LogP contribution in [0.5, 0.6) is 0 Å². The highest BCUT2D eigenvalue weighted by Crippen LogP contribution is 2.17. The first-order valence-electron chi connectivity index (χ1n) is 10.1. The van der Waals surface area contributed by atoms with Crippen LogP contribution in [0, 0.1) is 0 Å². The van der Waals surface area contributed by atoms with Gasteiger partial charge >= 0.3 is 12.0 Å². The molecule has 0 spiro atoms. The third-order valence-electron chi connectivity index (χ3n) is 5.08. The highest BCUT2D eigenvalue weighted by Gasteiger charge is 2.15. The second-order valence-corrected chi connectivity index (χ2v) is 7.22. The molecule has 1 aromatic carbocycles. The Morgan fingerprint density at radius 2 is 1.79 bits per heavy atom. The number of hydrogen-bond donors (Lipinski definition) is 2. The van der Waals surface area contributed by atoms with E-state index in [9.17, 15) is 9.59 Å². The molecular formula is C22H29N3O3. The van der Waals surface area contributed by atoms with Crippen molar-refractivity contribution in [1.82, 2.24) is 15.2 Å². The van der Waals surface area contributed by atoms with E-state index in [1.807, 2.05) is 41.1 Å². The lowest BCUT2D eigenvalue weighted by Crippen LogP contribution is -2.42. The van der Waals surface area contributed by atoms with Gasteiger partial charge in [0.2, 0.25) is 0 Å². The second-order valence-electron chi connectivity index (χ2n) is 7.22. The molecule has 1 saturated carbocycles. The van der Waals surface area contributed by atoms with Gasteiger partial charge in [-0.1, -0.05) is 43.5 Å². The van der Waals surface area contributed by atoms with E-state index >= 15 is 0 Å². The molecular weight excluding hydrogens is 354 g/mol. The first-order valence-corrected chi connectivity index (χ1v) is 10.1. The van der Waals surface area contributed by atoms with Crippen LogP contribution in [-0.4, -0.2) is 29.2 Å². The molecule has 1 fully saturated rings. The fourth-order valence-electron chi connectivity index (χ4n) is 3.57. The van der Waals surface area contributed by atoms with Gasteiger partial charge in [0.25, 0.3) is 0 Å². The summed E-state index contributed by atoms with van der Waals surface area (Å²) in [4.78, 5) is 24.0. The molecule has 1 heterocycles. The van der Waals surface area contributed by atoms with Crippen LogP contribution in [-0.2, 0) is 17.8 Å². The lowest BCUT2D eigenvalue weighted by molar-refractivity contribution is 0.0514. The Morgan fingerprint density at radius 3 is 2.50 bits per heavy atom. The predicted octanol–water partition coefficient (Wildman–Crippen LogP) is 3.85. The third kappa shape index (κ3) is 5.62. The molecule has 1 aliphatic rings. The number of aromatic nitrogens is 1. The lowest BCUT2D eigenvalue weighted by atomic mass is 9.96. The highest BCUT2D eigenvalue weighted by molar-refractivity contribution is 5.87. The fraction of sp³-hybridized carbons (Fsp3) is 0.455. The number of esters is 1. The smallest absolute Gasteiger partial charge is 0.354 e. The summed E-state index contributed by atoms with van der Waals surface area (Å²) in [7, 11) is 0. The largest absolute Gasteiger partial charge is 0.461 e. The monoisotopic (exact) mass is 383 g/mol. The van der Waals surface area contributed by atoms with Crippen LogP contribution in [0.15, 0.2) is 42.6 Å². The van der Waals surface area contributed by atoms with E-state index in [0.29, 0.717) is 31.4 Å². The van der Waals surface area contributed by atoms with Crippen molar-refractivity contribution < 1.29 is 14.3 Å². The lowest BCUT2D eigenvalue weighted by Gasteiger charge is -2.22. The number of carbonyl (C=O) groups excluding carboxylic acids is 2. The third-order valence-corrected chi connectivity index (χ3v) is 5.08. The van der Waals surface area contributed by atoms with Crippen molar-refractivity contribution in [3.63, 3.8) is 0 Å². The van der Waals surface area contributed by atoms with E-state index in [1.165, 1.54) is 19.3 Å². The Hall–Kier alpha value is -2.76. The molecule has 0 unspecified atom stereocenters. The second kappa shape index (κ2) is 9.97. The summed E-state index contributed by atoms with van der Waals surface area (Å²) < 4.78 is 6.96. The normalized spacial score (nSPS) is 14.5. The summed E-state index contributed by atoms with van der Waals surface area (Å²) in [5.74, 6) is -0.308. The van der Waals surface area contributed by atoms with Gasteiger partial charge in [-0.15, -0.1) is 0 Å². The summed E-state index contributed by atoms with van der Waals surface area (Å²) >= 11 is 0. The van der Waals surface area contributed by atoms with Crippen LogP contribution >= 0.6 is 0 Å². The first-order chi connectivity index (χ1) is 13.7. The summed E-state index contributed by atoms with van der Waals surface area (Å²) in [6.07, 6.45) is 7.70. The van der Waals surface area contributed by atoms with Crippen molar-refractivity contribution in [1.29, 1.82) is 0 Å². The van der Waals surface area contributed by atoms with Crippen molar-refractivity contribution in [3.8, 4) is 0 Å². The zero-order chi connectivity index (χ0) is 19.8. The maximum Gasteiger partial charge on any atom is 0.354 e. The fourth-order valence-corrected chi connectivity index (χ4v) is 3.57. The maximum atomic E-state index is 12.0. The van der Waals surface area contributed by atoms with E-state index in [2.05, 4.69) is 10.6 Å². The molecule has 1 aliphatic carbocycles. The molecule has 1 aromatic heterocycles. The number of urea groups is 1. The number of ether oxygens (including phenoxy) is 1. The van der Waals surface area contributed by atoms with E-state index in [1.54, 1.807) is 13.0 Å². The van der Waals surface area contributed by atoms with Crippen LogP contribution in [0.4, 0.5) is 4.79 Å². The van der Waals surface area contributed by atoms with Gasteiger partial charge in [-0.05, 0) is 43.0 Å². The maximum absolute atomic E-state index is 12.0. The summed E-state index contributed by atoms with van der Waals surface area (Å²) in [5, 5.41) is 5.99. The van der Waals surface area contributed by atoms with Gasteiger partial charge in [-0.3, -0.25) is 0 Å². The van der Waals surface area contributed by atoms with Crippen LogP contribution < -0.4 is 10.6 Å². The average molecular weight is 383 g/mol. The van der Waals surface area contributed by atoms with Gasteiger partial charge in [0.1, 0.15) is 5.69 Å². The standard InChI is InChI=1S/C22H29N3O3/c1-2-28-21(26)20-9-6-14-25(20)16-18-12-10-17(11-13-18)15-23-22(27)24-19-7-4-3-5-8-19/h6,9-14,19H,2-5,7-8,15-16H2,1H3,(H2,23,24,27). The number of carbonyl (C=O) groups is 2. The zero-order valence-electron chi connectivity index (χ0n) is 16.4. The molecule has 2 N–H and O–H groups in total. The van der Waals surface area contributed by atoms with Crippen LogP contribution in [0.3, 0.4) is 0 Å². The molecule has 0 atom stereocenters. The molecule has 0 radical (unpaired) electrons. The number of amides is 2. The Balaban J connectivity index is 1.49. The van der Waals surface area contributed by atoms with Crippen molar-refractivity contribution in [3.05, 3.63) is 59.4 Å². The summed E-state index contributed by atoms with van der Waals surface area (Å²) in [6.45, 7) is 3.25. The Bertz CT molecular complexity index is 777. The Morgan fingerprint density at radius 1 is 1.07 bits per heavy atom. The van der Waals surface area contributed by atoms with Crippen LogP contribution in [0.25, 0.3) is 0 Å².